The van der Waals surface area contributed by atoms with Gasteiger partial charge in [-0.2, -0.15) is 0 Å². The third-order valence-corrected chi connectivity index (χ3v) is 10.8. The molecule has 5 aliphatic rings. The van der Waals surface area contributed by atoms with E-state index in [1.807, 2.05) is 63.2 Å². The average molecular weight is 602 g/mol. The highest BCUT2D eigenvalue weighted by Gasteiger charge is 2.54. The Hall–Kier alpha value is -3.39. The van der Waals surface area contributed by atoms with E-state index in [1.54, 1.807) is 12.0 Å². The Kier molecular flexibility index (Phi) is 8.02. The first-order chi connectivity index (χ1) is 20.9. The predicted molar refractivity (Wildman–Crippen MR) is 169 cm³/mol. The molecule has 4 bridgehead atoms. The van der Waals surface area contributed by atoms with E-state index >= 15 is 0 Å². The van der Waals surface area contributed by atoms with E-state index in [-0.39, 0.29) is 30.4 Å². The summed E-state index contributed by atoms with van der Waals surface area (Å²) in [4.78, 5) is 42.7. The van der Waals surface area contributed by atoms with Crippen LogP contribution in [0.15, 0.2) is 54.6 Å². The van der Waals surface area contributed by atoms with Gasteiger partial charge in [0.1, 0.15) is 17.7 Å². The number of urea groups is 1. The van der Waals surface area contributed by atoms with E-state index in [0.29, 0.717) is 17.8 Å². The molecule has 7 rings (SSSR count). The van der Waals surface area contributed by atoms with E-state index in [9.17, 15) is 14.4 Å². The number of esters is 1. The van der Waals surface area contributed by atoms with E-state index < -0.39 is 29.1 Å². The van der Waals surface area contributed by atoms with Gasteiger partial charge in [-0.15, -0.1) is 0 Å². The molecule has 5 fully saturated rings. The fourth-order valence-corrected chi connectivity index (χ4v) is 9.01. The summed E-state index contributed by atoms with van der Waals surface area (Å²) < 4.78 is 11.3. The topological polar surface area (TPSA) is 97.0 Å². The fourth-order valence-electron chi connectivity index (χ4n) is 9.01. The van der Waals surface area contributed by atoms with Gasteiger partial charge in [0.05, 0.1) is 13.7 Å². The maximum Gasteiger partial charge on any atom is 0.328 e. The summed E-state index contributed by atoms with van der Waals surface area (Å²) in [5.74, 6) is 1.26. The van der Waals surface area contributed by atoms with Gasteiger partial charge in [0.15, 0.2) is 0 Å². The highest BCUT2D eigenvalue weighted by atomic mass is 16.5. The van der Waals surface area contributed by atoms with Crippen molar-refractivity contribution in [3.8, 4) is 11.1 Å². The second-order valence-corrected chi connectivity index (χ2v) is 14.9. The molecule has 44 heavy (non-hydrogen) atoms. The number of benzene rings is 2. The lowest BCUT2D eigenvalue weighted by Crippen LogP contribution is -2.64. The van der Waals surface area contributed by atoms with Crippen LogP contribution in [-0.2, 0) is 24.7 Å². The van der Waals surface area contributed by atoms with Crippen LogP contribution in [0.1, 0.15) is 71.3 Å². The van der Waals surface area contributed by atoms with Crippen molar-refractivity contribution in [1.29, 1.82) is 0 Å². The minimum atomic E-state index is -0.909. The Morgan fingerprint density at radius 1 is 0.841 bits per heavy atom. The first kappa shape index (κ1) is 30.6. The summed E-state index contributed by atoms with van der Waals surface area (Å²) in [7, 11) is 2.96. The van der Waals surface area contributed by atoms with E-state index in [4.69, 9.17) is 9.47 Å². The predicted octanol–water partition coefficient (Wildman–Crippen LogP) is 5.65. The maximum atomic E-state index is 14.4. The fraction of sp³-hybridized carbons (Fsp3) is 0.583. The largest absolute Gasteiger partial charge is 0.467 e. The van der Waals surface area contributed by atoms with Crippen LogP contribution in [-0.4, -0.2) is 61.2 Å². The van der Waals surface area contributed by atoms with Gasteiger partial charge in [-0.1, -0.05) is 75.4 Å². The van der Waals surface area contributed by atoms with Crippen molar-refractivity contribution in [3.05, 3.63) is 60.2 Å². The molecule has 2 aromatic rings. The molecule has 0 radical (unpaired) electrons. The first-order valence-corrected chi connectivity index (χ1v) is 16.1. The van der Waals surface area contributed by atoms with Crippen LogP contribution in [0.25, 0.3) is 11.1 Å². The van der Waals surface area contributed by atoms with Crippen LogP contribution in [0.3, 0.4) is 0 Å². The van der Waals surface area contributed by atoms with Gasteiger partial charge in [0.2, 0.25) is 5.91 Å². The zero-order valence-corrected chi connectivity index (χ0v) is 26.7. The van der Waals surface area contributed by atoms with Crippen LogP contribution in [0, 0.1) is 23.2 Å². The SMILES string of the molecule is COC(=O)[C@@H]1C[C@@](OC)(c2ccc(-c3ccccc3)cc2)CN1C(=O)C(NC(=O)NC12CC3CC(CC(C3)C1)C2)C(C)(C)C. The Bertz CT molecular complexity index is 1350. The van der Waals surface area contributed by atoms with Gasteiger partial charge in [0, 0.05) is 19.1 Å². The van der Waals surface area contributed by atoms with Crippen LogP contribution >= 0.6 is 0 Å². The number of nitrogens with zero attached hydrogens (tertiary/aromatic N) is 1. The maximum absolute atomic E-state index is 14.4. The summed E-state index contributed by atoms with van der Waals surface area (Å²) >= 11 is 0. The molecule has 3 atom stereocenters. The molecular formula is C36H47N3O5. The number of rotatable bonds is 7. The molecule has 3 amide bonds. The number of methoxy groups -OCH3 is 2. The molecule has 8 heteroatoms. The Morgan fingerprint density at radius 3 is 1.93 bits per heavy atom. The second kappa shape index (κ2) is 11.5. The van der Waals surface area contributed by atoms with Crippen LogP contribution in [0.5, 0.6) is 0 Å². The Morgan fingerprint density at radius 2 is 1.41 bits per heavy atom. The van der Waals surface area contributed by atoms with Crippen LogP contribution in [0.2, 0.25) is 0 Å². The summed E-state index contributed by atoms with van der Waals surface area (Å²) in [5, 5.41) is 6.42. The lowest BCUT2D eigenvalue weighted by Gasteiger charge is -2.56. The van der Waals surface area contributed by atoms with Crippen molar-refractivity contribution >= 4 is 17.9 Å². The number of carbonyl (C=O) groups is 3. The molecule has 2 aromatic carbocycles. The van der Waals surface area contributed by atoms with E-state index in [2.05, 4.69) is 22.8 Å². The molecule has 236 valence electrons. The van der Waals surface area contributed by atoms with Gasteiger partial charge in [-0.05, 0) is 78.4 Å². The van der Waals surface area contributed by atoms with E-state index in [0.717, 1.165) is 36.0 Å². The van der Waals surface area contributed by atoms with Crippen molar-refractivity contribution in [2.75, 3.05) is 20.8 Å². The van der Waals surface area contributed by atoms with Gasteiger partial charge in [0.25, 0.3) is 0 Å². The zero-order chi connectivity index (χ0) is 31.3. The lowest BCUT2D eigenvalue weighted by molar-refractivity contribution is -0.152. The minimum Gasteiger partial charge on any atom is -0.467 e. The number of ether oxygens (including phenoxy) is 2. The molecule has 1 heterocycles. The van der Waals surface area contributed by atoms with Crippen molar-refractivity contribution in [2.24, 2.45) is 23.2 Å². The van der Waals surface area contributed by atoms with Crippen molar-refractivity contribution < 1.29 is 23.9 Å². The molecule has 8 nitrogen and oxygen atoms in total. The molecule has 1 aliphatic heterocycles. The highest BCUT2D eigenvalue weighted by molar-refractivity contribution is 5.92. The quantitative estimate of drug-likeness (QED) is 0.400. The van der Waals surface area contributed by atoms with Gasteiger partial charge in [-0.25, -0.2) is 9.59 Å². The molecule has 1 saturated heterocycles. The van der Waals surface area contributed by atoms with Gasteiger partial charge < -0.3 is 25.0 Å². The molecule has 2 N–H and O–H groups in total. The number of likely N-dealkylation sites (tertiary alicyclic amines) is 1. The van der Waals surface area contributed by atoms with Crippen molar-refractivity contribution in [2.45, 2.75) is 88.9 Å². The first-order valence-electron chi connectivity index (χ1n) is 16.1. The molecule has 1 unspecified atom stereocenters. The standard InChI is InChI=1S/C36H47N3O5/c1-34(2,3)30(37-33(42)38-35-18-23-15-24(19-35)17-25(16-23)20-35)31(40)39-22-36(44-5,21-29(39)32(41)43-4)28-13-11-27(12-14-28)26-9-7-6-8-10-26/h6-14,23-25,29-30H,15-22H2,1-5H3,(H2,37,38,42)/t23?,24?,25?,29-,30?,35?,36-/m0/s1. The smallest absolute Gasteiger partial charge is 0.328 e. The minimum absolute atomic E-state index is 0.164. The second-order valence-electron chi connectivity index (χ2n) is 14.9. The Balaban J connectivity index is 1.23. The number of hydrogen-bond donors (Lipinski definition) is 2. The van der Waals surface area contributed by atoms with Gasteiger partial charge in [-0.3, -0.25) is 4.79 Å². The third-order valence-electron chi connectivity index (χ3n) is 10.8. The van der Waals surface area contributed by atoms with Crippen LogP contribution in [0.4, 0.5) is 4.79 Å². The molecule has 0 spiro atoms. The number of hydrogen-bond acceptors (Lipinski definition) is 5. The molecule has 4 aliphatic carbocycles. The highest BCUT2D eigenvalue weighted by Crippen LogP contribution is 2.55. The summed E-state index contributed by atoms with van der Waals surface area (Å²) in [5.41, 5.74) is 1.36. The molecule has 0 aromatic heterocycles. The normalized spacial score (nSPS) is 31.4. The van der Waals surface area contributed by atoms with Crippen molar-refractivity contribution in [1.82, 2.24) is 15.5 Å². The summed E-state index contributed by atoms with van der Waals surface area (Å²) in [6.07, 6.45) is 7.18. The van der Waals surface area contributed by atoms with Crippen LogP contribution < -0.4 is 10.6 Å². The van der Waals surface area contributed by atoms with Crippen molar-refractivity contribution in [3.63, 3.8) is 0 Å². The van der Waals surface area contributed by atoms with Gasteiger partial charge >= 0.3 is 12.0 Å². The number of carbonyl (C=O) groups excluding carboxylic acids is 3. The monoisotopic (exact) mass is 601 g/mol. The summed E-state index contributed by atoms with van der Waals surface area (Å²) in [6.45, 7) is 5.98. The number of amides is 3. The molecule has 4 saturated carbocycles. The lowest BCUT2D eigenvalue weighted by atomic mass is 9.53. The third kappa shape index (κ3) is 5.73. The number of nitrogens with one attached hydrogen (secondary N) is 2. The molecular weight excluding hydrogens is 554 g/mol. The Labute approximate surface area is 261 Å². The zero-order valence-electron chi connectivity index (χ0n) is 26.7. The average Bonchev–Trinajstić information content (AvgIpc) is 3.40. The van der Waals surface area contributed by atoms with E-state index in [1.165, 1.54) is 26.4 Å². The summed E-state index contributed by atoms with van der Waals surface area (Å²) in [6, 6.07) is 16.2.